The van der Waals surface area contributed by atoms with Crippen LogP contribution in [0.5, 0.6) is 0 Å². The van der Waals surface area contributed by atoms with E-state index in [-0.39, 0.29) is 0 Å². The van der Waals surface area contributed by atoms with Crippen molar-refractivity contribution in [2.75, 3.05) is 18.0 Å². The van der Waals surface area contributed by atoms with Crippen molar-refractivity contribution in [3.63, 3.8) is 0 Å². The van der Waals surface area contributed by atoms with Gasteiger partial charge in [0.15, 0.2) is 11.4 Å². The number of alkyl halides is 1. The molecule has 140 valence electrons. The number of halogens is 1. The average molecular weight is 374 g/mol. The molecule has 2 aromatic carbocycles. The number of rotatable bonds is 3. The Hall–Kier alpha value is -3.42. The second kappa shape index (κ2) is 7.30. The number of nitrogens with zero attached hydrogens (tertiary/aromatic N) is 5. The van der Waals surface area contributed by atoms with Crippen LogP contribution in [0.1, 0.15) is 12.0 Å². The first-order valence-electron chi connectivity index (χ1n) is 9.08. The van der Waals surface area contributed by atoms with E-state index in [9.17, 15) is 4.39 Å². The lowest BCUT2D eigenvalue weighted by Gasteiger charge is -2.34. The third kappa shape index (κ3) is 3.28. The zero-order valence-corrected chi connectivity index (χ0v) is 15.2. The Balaban J connectivity index is 1.78. The Morgan fingerprint density at radius 2 is 1.82 bits per heavy atom. The molecule has 0 spiro atoms. The summed E-state index contributed by atoms with van der Waals surface area (Å²) in [4.78, 5) is 13.7. The molecule has 1 fully saturated rings. The van der Waals surface area contributed by atoms with Crippen LogP contribution in [-0.2, 0) is 6.54 Å². The highest BCUT2D eigenvalue weighted by molar-refractivity contribution is 5.83. The van der Waals surface area contributed by atoms with Crippen LogP contribution in [0.15, 0.2) is 42.5 Å². The second-order valence-electron chi connectivity index (χ2n) is 6.98. The molecular formula is C21H19FN6. The third-order valence-corrected chi connectivity index (χ3v) is 5.10. The summed E-state index contributed by atoms with van der Waals surface area (Å²) in [5.41, 5.74) is 9.75. The minimum absolute atomic E-state index is 0.372. The van der Waals surface area contributed by atoms with Crippen molar-refractivity contribution in [2.45, 2.75) is 25.2 Å². The van der Waals surface area contributed by atoms with Crippen LogP contribution in [0.4, 0.5) is 21.7 Å². The Kier molecular flexibility index (Phi) is 4.68. The third-order valence-electron chi connectivity index (χ3n) is 5.10. The molecule has 1 aromatic heterocycles. The molecule has 1 aliphatic heterocycles. The van der Waals surface area contributed by atoms with E-state index in [0.717, 1.165) is 22.5 Å². The number of anilines is 1. The minimum Gasteiger partial charge on any atom is -0.340 e. The van der Waals surface area contributed by atoms with Gasteiger partial charge in [0.25, 0.3) is 0 Å². The summed E-state index contributed by atoms with van der Waals surface area (Å²) >= 11 is 0. The van der Waals surface area contributed by atoms with Crippen LogP contribution < -0.4 is 10.6 Å². The lowest BCUT2D eigenvalue weighted by atomic mass is 10.1. The fourth-order valence-electron chi connectivity index (χ4n) is 3.56. The summed E-state index contributed by atoms with van der Waals surface area (Å²) in [7, 11) is 0. The van der Waals surface area contributed by atoms with Gasteiger partial charge in [-0.15, -0.1) is 0 Å². The molecule has 1 aliphatic rings. The van der Waals surface area contributed by atoms with Crippen molar-refractivity contribution in [3.05, 3.63) is 70.9 Å². The van der Waals surface area contributed by atoms with Gasteiger partial charge in [-0.3, -0.25) is 0 Å². The van der Waals surface area contributed by atoms with E-state index in [2.05, 4.69) is 9.69 Å². The number of hydrogen-bond acceptors (Lipinski definition) is 3. The molecule has 1 saturated heterocycles. The standard InChI is InChI=1S/C21H19FN6/c1-24-15-5-3-14(4-6-15)12-28-20-11-16(25-2)7-8-19(20)26-21(28)27-10-9-17(22)18(23)13-27/h3-8,11,17-18H,9-10,12-13,23H2/t17-,18-/m1/s1. The van der Waals surface area contributed by atoms with Gasteiger partial charge in [-0.1, -0.05) is 30.3 Å². The Bertz CT molecular complexity index is 1090. The van der Waals surface area contributed by atoms with Gasteiger partial charge in [0, 0.05) is 13.1 Å². The fourth-order valence-corrected chi connectivity index (χ4v) is 3.56. The van der Waals surface area contributed by atoms with Gasteiger partial charge in [-0.2, -0.15) is 0 Å². The Morgan fingerprint density at radius 1 is 1.11 bits per heavy atom. The van der Waals surface area contributed by atoms with Crippen LogP contribution in [0, 0.1) is 13.1 Å². The molecule has 28 heavy (non-hydrogen) atoms. The van der Waals surface area contributed by atoms with Crippen molar-refractivity contribution in [2.24, 2.45) is 5.73 Å². The molecule has 0 saturated carbocycles. The van der Waals surface area contributed by atoms with Gasteiger partial charge in [0.1, 0.15) is 6.17 Å². The van der Waals surface area contributed by atoms with Crippen LogP contribution >= 0.6 is 0 Å². The summed E-state index contributed by atoms with van der Waals surface area (Å²) in [5, 5.41) is 0. The summed E-state index contributed by atoms with van der Waals surface area (Å²) in [6, 6.07) is 12.3. The molecule has 0 unspecified atom stereocenters. The van der Waals surface area contributed by atoms with E-state index < -0.39 is 12.2 Å². The Labute approximate surface area is 162 Å². The van der Waals surface area contributed by atoms with E-state index in [1.807, 2.05) is 33.7 Å². The molecule has 0 bridgehead atoms. The first-order valence-corrected chi connectivity index (χ1v) is 9.08. The van der Waals surface area contributed by atoms with E-state index >= 15 is 0 Å². The smallest absolute Gasteiger partial charge is 0.206 e. The lowest BCUT2D eigenvalue weighted by molar-refractivity contribution is 0.243. The molecule has 4 rings (SSSR count). The van der Waals surface area contributed by atoms with Gasteiger partial charge in [-0.05, 0) is 24.1 Å². The number of piperidine rings is 1. The average Bonchev–Trinajstić information content (AvgIpc) is 3.08. The van der Waals surface area contributed by atoms with Crippen molar-refractivity contribution in [1.29, 1.82) is 0 Å². The molecule has 3 aromatic rings. The Morgan fingerprint density at radius 3 is 2.50 bits per heavy atom. The molecule has 0 aliphatic carbocycles. The van der Waals surface area contributed by atoms with Gasteiger partial charge in [0.2, 0.25) is 5.95 Å². The zero-order chi connectivity index (χ0) is 19.7. The molecule has 2 N–H and O–H groups in total. The van der Waals surface area contributed by atoms with E-state index in [0.29, 0.717) is 37.4 Å². The largest absolute Gasteiger partial charge is 0.340 e. The van der Waals surface area contributed by atoms with E-state index in [1.165, 1.54) is 0 Å². The molecule has 2 heterocycles. The maximum Gasteiger partial charge on any atom is 0.206 e. The summed E-state index contributed by atoms with van der Waals surface area (Å²) in [6.07, 6.45) is -0.624. The summed E-state index contributed by atoms with van der Waals surface area (Å²) < 4.78 is 15.9. The van der Waals surface area contributed by atoms with Gasteiger partial charge in [-0.25, -0.2) is 19.1 Å². The highest BCUT2D eigenvalue weighted by Gasteiger charge is 2.29. The predicted octanol–water partition coefficient (Wildman–Crippen LogP) is 4.06. The fraction of sp³-hybridized carbons (Fsp3) is 0.286. The molecule has 0 amide bonds. The summed E-state index contributed by atoms with van der Waals surface area (Å²) in [6.45, 7) is 15.9. The first-order chi connectivity index (χ1) is 13.6. The van der Waals surface area contributed by atoms with Gasteiger partial charge < -0.3 is 15.2 Å². The SMILES string of the molecule is [C-]#[N+]c1ccc(Cn2c(N3CC[C@@H](F)[C@H](N)C3)nc3ccc([N+]#[C-])cc32)cc1. The molecule has 2 atom stereocenters. The van der Waals surface area contributed by atoms with Crippen LogP contribution in [-0.4, -0.2) is 34.9 Å². The number of fused-ring (bicyclic) bond motifs is 1. The number of benzene rings is 2. The second-order valence-corrected chi connectivity index (χ2v) is 6.98. The van der Waals surface area contributed by atoms with E-state index in [1.54, 1.807) is 18.2 Å². The number of imidazole rings is 1. The first kappa shape index (κ1) is 18.0. The molecule has 6 nitrogen and oxygen atoms in total. The maximum absolute atomic E-state index is 13.9. The van der Waals surface area contributed by atoms with Crippen molar-refractivity contribution < 1.29 is 4.39 Å². The topological polar surface area (TPSA) is 55.8 Å². The summed E-state index contributed by atoms with van der Waals surface area (Å²) in [5.74, 6) is 0.730. The van der Waals surface area contributed by atoms with Crippen molar-refractivity contribution in [3.8, 4) is 0 Å². The minimum atomic E-state index is -0.996. The van der Waals surface area contributed by atoms with E-state index in [4.69, 9.17) is 23.9 Å². The van der Waals surface area contributed by atoms with Crippen LogP contribution in [0.3, 0.4) is 0 Å². The zero-order valence-electron chi connectivity index (χ0n) is 15.2. The predicted molar refractivity (Wildman–Crippen MR) is 108 cm³/mol. The van der Waals surface area contributed by atoms with Crippen molar-refractivity contribution in [1.82, 2.24) is 9.55 Å². The molecule has 7 heteroatoms. The number of nitrogens with two attached hydrogens (primary N) is 1. The quantitative estimate of drug-likeness (QED) is 0.704. The maximum atomic E-state index is 13.9. The number of hydrogen-bond donors (Lipinski definition) is 1. The molecule has 0 radical (unpaired) electrons. The highest BCUT2D eigenvalue weighted by Crippen LogP contribution is 2.29. The monoisotopic (exact) mass is 374 g/mol. The normalized spacial score (nSPS) is 19.4. The highest BCUT2D eigenvalue weighted by atomic mass is 19.1. The lowest BCUT2D eigenvalue weighted by Crippen LogP contribution is -2.50. The number of aromatic nitrogens is 2. The van der Waals surface area contributed by atoms with Crippen LogP contribution in [0.2, 0.25) is 0 Å². The van der Waals surface area contributed by atoms with Crippen LogP contribution in [0.25, 0.3) is 20.7 Å². The van der Waals surface area contributed by atoms with Gasteiger partial charge >= 0.3 is 0 Å². The molecular weight excluding hydrogens is 355 g/mol. The van der Waals surface area contributed by atoms with Gasteiger partial charge in [0.05, 0.1) is 36.8 Å². The van der Waals surface area contributed by atoms with Crippen molar-refractivity contribution >= 4 is 28.4 Å².